The van der Waals surface area contributed by atoms with E-state index in [2.05, 4.69) is 9.97 Å². The van der Waals surface area contributed by atoms with Crippen LogP contribution in [0.3, 0.4) is 0 Å². The number of ether oxygens (including phenoxy) is 1. The van der Waals surface area contributed by atoms with Crippen LogP contribution in [-0.4, -0.2) is 15.6 Å². The van der Waals surface area contributed by atoms with Crippen LogP contribution >= 0.6 is 0 Å². The molecule has 0 amide bonds. The fourth-order valence-electron chi connectivity index (χ4n) is 6.47. The molecule has 0 aliphatic heterocycles. The SMILES string of the molecule is c1nc(C2CCCCC2)[nH]c1COC12CC3CC(CC(C3)C1)C2. The zero-order valence-corrected chi connectivity index (χ0v) is 14.2. The molecule has 0 spiro atoms. The van der Waals surface area contributed by atoms with Crippen LogP contribution in [-0.2, 0) is 11.3 Å². The Morgan fingerprint density at radius 3 is 2.30 bits per heavy atom. The first-order valence-electron chi connectivity index (χ1n) is 9.96. The first-order chi connectivity index (χ1) is 11.3. The lowest BCUT2D eigenvalue weighted by atomic mass is 9.54. The fourth-order valence-corrected chi connectivity index (χ4v) is 6.47. The number of hydrogen-bond donors (Lipinski definition) is 1. The number of nitrogens with zero attached hydrogens (tertiary/aromatic N) is 1. The molecule has 1 aromatic heterocycles. The van der Waals surface area contributed by atoms with Gasteiger partial charge in [-0.1, -0.05) is 19.3 Å². The third kappa shape index (κ3) is 2.75. The van der Waals surface area contributed by atoms with E-state index in [-0.39, 0.29) is 5.60 Å². The highest BCUT2D eigenvalue weighted by molar-refractivity contribution is 5.07. The minimum atomic E-state index is 0.213. The van der Waals surface area contributed by atoms with E-state index in [1.165, 1.54) is 82.1 Å². The quantitative estimate of drug-likeness (QED) is 0.854. The van der Waals surface area contributed by atoms with Gasteiger partial charge in [0.1, 0.15) is 5.82 Å². The number of nitrogens with one attached hydrogen (secondary N) is 1. The molecule has 1 aromatic rings. The summed E-state index contributed by atoms with van der Waals surface area (Å²) in [5.41, 5.74) is 1.41. The Bertz CT molecular complexity index is 522. The monoisotopic (exact) mass is 314 g/mol. The van der Waals surface area contributed by atoms with Crippen molar-refractivity contribution in [3.8, 4) is 0 Å². The molecule has 5 fully saturated rings. The molecule has 3 heteroatoms. The van der Waals surface area contributed by atoms with Gasteiger partial charge < -0.3 is 9.72 Å². The van der Waals surface area contributed by atoms with Gasteiger partial charge in [-0.05, 0) is 69.1 Å². The maximum Gasteiger partial charge on any atom is 0.109 e. The van der Waals surface area contributed by atoms with Gasteiger partial charge in [-0.2, -0.15) is 0 Å². The summed E-state index contributed by atoms with van der Waals surface area (Å²) in [4.78, 5) is 8.25. The van der Waals surface area contributed by atoms with E-state index in [1.54, 1.807) is 0 Å². The molecule has 0 atom stereocenters. The molecule has 5 aliphatic carbocycles. The van der Waals surface area contributed by atoms with Gasteiger partial charge in [0, 0.05) is 5.92 Å². The van der Waals surface area contributed by atoms with Gasteiger partial charge in [0.05, 0.1) is 24.1 Å². The summed E-state index contributed by atoms with van der Waals surface area (Å²) in [6, 6.07) is 0. The Kier molecular flexibility index (Phi) is 3.54. The number of H-pyrrole nitrogens is 1. The van der Waals surface area contributed by atoms with E-state index >= 15 is 0 Å². The summed E-state index contributed by atoms with van der Waals surface area (Å²) in [6.45, 7) is 0.742. The van der Waals surface area contributed by atoms with Crippen molar-refractivity contribution in [2.45, 2.75) is 88.8 Å². The summed E-state index contributed by atoms with van der Waals surface area (Å²) in [5, 5.41) is 0. The van der Waals surface area contributed by atoms with Crippen molar-refractivity contribution in [2.75, 3.05) is 0 Å². The molecule has 1 heterocycles. The maximum atomic E-state index is 6.56. The summed E-state index contributed by atoms with van der Waals surface area (Å²) in [5.74, 6) is 4.76. The smallest absolute Gasteiger partial charge is 0.109 e. The molecule has 5 saturated carbocycles. The van der Waals surface area contributed by atoms with E-state index in [1.807, 2.05) is 6.20 Å². The molecule has 23 heavy (non-hydrogen) atoms. The molecule has 1 N–H and O–H groups in total. The number of imidazole rings is 1. The Morgan fingerprint density at radius 1 is 1.00 bits per heavy atom. The Labute approximate surface area is 139 Å². The lowest BCUT2D eigenvalue weighted by Gasteiger charge is -2.56. The van der Waals surface area contributed by atoms with Crippen LogP contribution < -0.4 is 0 Å². The van der Waals surface area contributed by atoms with Gasteiger partial charge in [-0.25, -0.2) is 4.98 Å². The summed E-state index contributed by atoms with van der Waals surface area (Å²) in [6.07, 6.45) is 17.2. The highest BCUT2D eigenvalue weighted by Crippen LogP contribution is 2.57. The molecule has 6 rings (SSSR count). The lowest BCUT2D eigenvalue weighted by Crippen LogP contribution is -2.51. The maximum absolute atomic E-state index is 6.56. The van der Waals surface area contributed by atoms with Crippen molar-refractivity contribution in [1.29, 1.82) is 0 Å². The molecule has 0 saturated heterocycles. The van der Waals surface area contributed by atoms with Gasteiger partial charge in [-0.3, -0.25) is 0 Å². The second-order valence-electron chi connectivity index (χ2n) is 9.02. The molecule has 0 radical (unpaired) electrons. The third-order valence-electron chi connectivity index (χ3n) is 7.16. The van der Waals surface area contributed by atoms with Gasteiger partial charge >= 0.3 is 0 Å². The minimum Gasteiger partial charge on any atom is -0.369 e. The first kappa shape index (κ1) is 14.5. The molecular weight excluding hydrogens is 284 g/mol. The number of aromatic amines is 1. The van der Waals surface area contributed by atoms with E-state index in [9.17, 15) is 0 Å². The van der Waals surface area contributed by atoms with Crippen LogP contribution in [0.5, 0.6) is 0 Å². The minimum absolute atomic E-state index is 0.213. The van der Waals surface area contributed by atoms with Crippen molar-refractivity contribution in [3.63, 3.8) is 0 Å². The normalized spacial score (nSPS) is 39.9. The highest BCUT2D eigenvalue weighted by Gasteiger charge is 2.51. The van der Waals surface area contributed by atoms with Crippen LogP contribution in [0, 0.1) is 17.8 Å². The zero-order valence-electron chi connectivity index (χ0n) is 14.2. The lowest BCUT2D eigenvalue weighted by molar-refractivity contribution is -0.169. The zero-order chi connectivity index (χ0) is 15.3. The number of hydrogen-bond acceptors (Lipinski definition) is 2. The first-order valence-corrected chi connectivity index (χ1v) is 9.96. The van der Waals surface area contributed by atoms with E-state index in [4.69, 9.17) is 4.74 Å². The molecular formula is C20H30N2O. The van der Waals surface area contributed by atoms with Crippen molar-refractivity contribution in [2.24, 2.45) is 17.8 Å². The topological polar surface area (TPSA) is 37.9 Å². The van der Waals surface area contributed by atoms with Gasteiger partial charge in [-0.15, -0.1) is 0 Å². The van der Waals surface area contributed by atoms with Crippen molar-refractivity contribution >= 4 is 0 Å². The van der Waals surface area contributed by atoms with Crippen LogP contribution in [0.15, 0.2) is 6.20 Å². The largest absolute Gasteiger partial charge is 0.369 e. The Morgan fingerprint density at radius 2 is 1.65 bits per heavy atom. The summed E-state index contributed by atoms with van der Waals surface area (Å²) >= 11 is 0. The van der Waals surface area contributed by atoms with E-state index in [0.717, 1.165) is 24.4 Å². The molecule has 5 aliphatic rings. The second kappa shape index (κ2) is 5.61. The summed E-state index contributed by atoms with van der Waals surface area (Å²) in [7, 11) is 0. The average molecular weight is 314 g/mol. The van der Waals surface area contributed by atoms with Gasteiger partial charge in [0.25, 0.3) is 0 Å². The van der Waals surface area contributed by atoms with E-state index < -0.39 is 0 Å². The van der Waals surface area contributed by atoms with Crippen LogP contribution in [0.1, 0.15) is 88.1 Å². The van der Waals surface area contributed by atoms with Crippen LogP contribution in [0.2, 0.25) is 0 Å². The molecule has 126 valence electrons. The number of rotatable bonds is 4. The molecule has 0 aromatic carbocycles. The standard InChI is InChI=1S/C20H30N2O/c1-2-4-17(5-3-1)19-21-12-18(22-19)13-23-20-9-14-6-15(10-20)8-16(7-14)11-20/h12,14-17H,1-11,13H2,(H,21,22). The van der Waals surface area contributed by atoms with Crippen molar-refractivity contribution in [3.05, 3.63) is 17.7 Å². The Balaban J connectivity index is 1.24. The Hall–Kier alpha value is -0.830. The summed E-state index contributed by atoms with van der Waals surface area (Å²) < 4.78 is 6.56. The molecule has 3 nitrogen and oxygen atoms in total. The van der Waals surface area contributed by atoms with Crippen molar-refractivity contribution < 1.29 is 4.74 Å². The number of aromatic nitrogens is 2. The predicted octanol–water partition coefficient (Wildman–Crippen LogP) is 4.94. The van der Waals surface area contributed by atoms with Crippen molar-refractivity contribution in [1.82, 2.24) is 9.97 Å². The fraction of sp³-hybridized carbons (Fsp3) is 0.850. The average Bonchev–Trinajstić information content (AvgIpc) is 3.02. The van der Waals surface area contributed by atoms with E-state index in [0.29, 0.717) is 5.92 Å². The highest BCUT2D eigenvalue weighted by atomic mass is 16.5. The predicted molar refractivity (Wildman–Crippen MR) is 90.1 cm³/mol. The van der Waals surface area contributed by atoms with Crippen LogP contribution in [0.25, 0.3) is 0 Å². The van der Waals surface area contributed by atoms with Gasteiger partial charge in [0.2, 0.25) is 0 Å². The van der Waals surface area contributed by atoms with Gasteiger partial charge in [0.15, 0.2) is 0 Å². The second-order valence-corrected chi connectivity index (χ2v) is 9.02. The molecule has 4 bridgehead atoms. The van der Waals surface area contributed by atoms with Crippen LogP contribution in [0.4, 0.5) is 0 Å². The molecule has 0 unspecified atom stereocenters. The third-order valence-corrected chi connectivity index (χ3v) is 7.16.